The molecule has 2 N–H and O–H groups in total. The first-order valence-electron chi connectivity index (χ1n) is 11.0. The lowest BCUT2D eigenvalue weighted by atomic mass is 9.81. The van der Waals surface area contributed by atoms with Gasteiger partial charge in [0.15, 0.2) is 22.9 Å². The Balaban J connectivity index is 1.65. The first kappa shape index (κ1) is 23.6. The molecular formula is C25H23N3O7S. The van der Waals surface area contributed by atoms with Crippen LogP contribution in [0.1, 0.15) is 24.1 Å². The number of methoxy groups -OCH3 is 2. The second-order valence-corrected chi connectivity index (χ2v) is 9.49. The number of nitrogens with two attached hydrogens (primary N) is 1. The minimum Gasteiger partial charge on any atom is -0.493 e. The highest BCUT2D eigenvalue weighted by Crippen LogP contribution is 2.47. The van der Waals surface area contributed by atoms with Gasteiger partial charge >= 0.3 is 5.97 Å². The fourth-order valence-electron chi connectivity index (χ4n) is 4.62. The van der Waals surface area contributed by atoms with Gasteiger partial charge in [-0.15, -0.1) is 0 Å². The van der Waals surface area contributed by atoms with Crippen LogP contribution in [0.25, 0.3) is 6.08 Å². The molecule has 0 spiro atoms. The van der Waals surface area contributed by atoms with Gasteiger partial charge in [0.05, 0.1) is 24.8 Å². The molecule has 10 nitrogen and oxygen atoms in total. The molecule has 36 heavy (non-hydrogen) atoms. The van der Waals surface area contributed by atoms with E-state index in [1.54, 1.807) is 41.8 Å². The standard InChI is InChI=1S/C25H23N3O7S/c1-25-20(23(31)33-3)21(14-6-4-5-7-15(14)35-25)28-22(30)18(36-24(28)27-25)11-13-8-9-16(17(10-13)32-2)34-12-19(26)29/h4-11,20-21H,12H2,1-3H3,(H2,26,29)/b18-11-/t20-,21+,25+/m0/s1. The predicted octanol–water partition coefficient (Wildman–Crippen LogP) is 0.732. The fraction of sp³-hybridized carbons (Fsp3) is 0.280. The quantitative estimate of drug-likeness (QED) is 0.485. The van der Waals surface area contributed by atoms with Crippen LogP contribution in [0.2, 0.25) is 0 Å². The molecule has 0 aliphatic carbocycles. The Labute approximate surface area is 209 Å². The third kappa shape index (κ3) is 3.81. The van der Waals surface area contributed by atoms with Crippen LogP contribution in [0, 0.1) is 5.92 Å². The Morgan fingerprint density at radius 3 is 2.72 bits per heavy atom. The van der Waals surface area contributed by atoms with Gasteiger partial charge in [0.25, 0.3) is 11.5 Å². The Morgan fingerprint density at radius 1 is 1.22 bits per heavy atom. The Kier molecular flexibility index (Phi) is 5.79. The van der Waals surface area contributed by atoms with Gasteiger partial charge in [0, 0.05) is 5.56 Å². The number of nitrogens with zero attached hydrogens (tertiary/aromatic N) is 2. The van der Waals surface area contributed by atoms with Crippen molar-refractivity contribution in [2.45, 2.75) is 18.7 Å². The molecule has 0 unspecified atom stereocenters. The van der Waals surface area contributed by atoms with Crippen molar-refractivity contribution in [2.24, 2.45) is 16.6 Å². The van der Waals surface area contributed by atoms with E-state index in [4.69, 9.17) is 29.7 Å². The number of carbonyl (C=O) groups is 2. The number of aromatic nitrogens is 1. The molecule has 2 bridgehead atoms. The van der Waals surface area contributed by atoms with Gasteiger partial charge in [-0.3, -0.25) is 19.0 Å². The van der Waals surface area contributed by atoms with E-state index >= 15 is 0 Å². The summed E-state index contributed by atoms with van der Waals surface area (Å²) in [6.07, 6.45) is 1.71. The SMILES string of the molecule is COC(=O)[C@@H]1[C@H]2c3ccccc3O[C@@]1(C)N=c1s/c(=C\c3ccc(OCC(N)=O)c(OC)c3)c(=O)n12. The number of esters is 1. The largest absolute Gasteiger partial charge is 0.493 e. The maximum atomic E-state index is 13.7. The summed E-state index contributed by atoms with van der Waals surface area (Å²) in [5.41, 5.74) is 5.01. The third-order valence-electron chi connectivity index (χ3n) is 6.19. The van der Waals surface area contributed by atoms with Crippen molar-refractivity contribution in [1.82, 2.24) is 4.57 Å². The van der Waals surface area contributed by atoms with Gasteiger partial charge in [-0.2, -0.15) is 0 Å². The summed E-state index contributed by atoms with van der Waals surface area (Å²) >= 11 is 1.20. The molecule has 1 amide bonds. The second kappa shape index (κ2) is 8.83. The molecule has 3 atom stereocenters. The smallest absolute Gasteiger partial charge is 0.317 e. The molecule has 3 heterocycles. The minimum absolute atomic E-state index is 0.287. The molecule has 186 valence electrons. The summed E-state index contributed by atoms with van der Waals surface area (Å²) < 4.78 is 24.0. The Hall–Kier alpha value is -4.12. The van der Waals surface area contributed by atoms with E-state index in [9.17, 15) is 14.4 Å². The van der Waals surface area contributed by atoms with Crippen molar-refractivity contribution in [2.75, 3.05) is 20.8 Å². The van der Waals surface area contributed by atoms with E-state index in [1.807, 2.05) is 18.2 Å². The van der Waals surface area contributed by atoms with Crippen molar-refractivity contribution in [3.8, 4) is 17.2 Å². The zero-order valence-corrected chi connectivity index (χ0v) is 20.5. The normalized spacial score (nSPS) is 21.9. The highest BCUT2D eigenvalue weighted by Gasteiger charge is 2.55. The highest BCUT2D eigenvalue weighted by atomic mass is 32.1. The van der Waals surface area contributed by atoms with Crippen LogP contribution in [-0.4, -0.2) is 43.0 Å². The van der Waals surface area contributed by atoms with Crippen molar-refractivity contribution in [3.63, 3.8) is 0 Å². The lowest BCUT2D eigenvalue weighted by molar-refractivity contribution is -0.158. The first-order chi connectivity index (χ1) is 17.3. The maximum absolute atomic E-state index is 13.7. The van der Waals surface area contributed by atoms with Gasteiger partial charge in [0.2, 0.25) is 5.72 Å². The number of primary amides is 1. The van der Waals surface area contributed by atoms with Crippen LogP contribution >= 0.6 is 11.3 Å². The van der Waals surface area contributed by atoms with Crippen molar-refractivity contribution in [1.29, 1.82) is 0 Å². The first-order valence-corrected chi connectivity index (χ1v) is 11.8. The summed E-state index contributed by atoms with van der Waals surface area (Å²) in [5.74, 6) is -0.657. The summed E-state index contributed by atoms with van der Waals surface area (Å²) in [5, 5.41) is 0. The number of carbonyl (C=O) groups excluding carboxylic acids is 2. The second-order valence-electron chi connectivity index (χ2n) is 8.49. The summed E-state index contributed by atoms with van der Waals surface area (Å²) in [6, 6.07) is 11.7. The van der Waals surface area contributed by atoms with E-state index in [1.165, 1.54) is 25.6 Å². The van der Waals surface area contributed by atoms with Crippen LogP contribution < -0.4 is 34.8 Å². The molecule has 0 radical (unpaired) electrons. The average Bonchev–Trinajstić information content (AvgIpc) is 3.15. The number of amides is 1. The number of ether oxygens (including phenoxy) is 4. The van der Waals surface area contributed by atoms with E-state index in [0.717, 1.165) is 0 Å². The molecule has 0 saturated heterocycles. The molecule has 11 heteroatoms. The monoisotopic (exact) mass is 509 g/mol. The molecule has 3 aromatic rings. The van der Waals surface area contributed by atoms with Crippen LogP contribution in [0.3, 0.4) is 0 Å². The van der Waals surface area contributed by atoms with Gasteiger partial charge in [-0.05, 0) is 36.8 Å². The number of benzene rings is 2. The zero-order valence-electron chi connectivity index (χ0n) is 19.7. The molecule has 0 fully saturated rings. The topological polar surface area (TPSA) is 131 Å². The summed E-state index contributed by atoms with van der Waals surface area (Å²) in [6.45, 7) is 1.44. The third-order valence-corrected chi connectivity index (χ3v) is 7.17. The lowest BCUT2D eigenvalue weighted by Gasteiger charge is -2.44. The summed E-state index contributed by atoms with van der Waals surface area (Å²) in [7, 11) is 2.78. The molecule has 2 aliphatic heterocycles. The van der Waals surface area contributed by atoms with Gasteiger partial charge in [0.1, 0.15) is 11.7 Å². The molecule has 0 saturated carbocycles. The average molecular weight is 510 g/mol. The van der Waals surface area contributed by atoms with E-state index in [-0.39, 0.29) is 12.2 Å². The van der Waals surface area contributed by atoms with E-state index < -0.39 is 29.6 Å². The lowest BCUT2D eigenvalue weighted by Crippen LogP contribution is -2.58. The fourth-order valence-corrected chi connectivity index (χ4v) is 5.72. The Bertz CT molecular complexity index is 1560. The molecule has 5 rings (SSSR count). The number of rotatable bonds is 6. The predicted molar refractivity (Wildman–Crippen MR) is 130 cm³/mol. The maximum Gasteiger partial charge on any atom is 0.317 e. The minimum atomic E-state index is -1.23. The highest BCUT2D eigenvalue weighted by molar-refractivity contribution is 7.07. The number of para-hydroxylation sites is 1. The zero-order chi connectivity index (χ0) is 25.6. The number of hydrogen-bond acceptors (Lipinski definition) is 9. The molecular weight excluding hydrogens is 486 g/mol. The number of thiazole rings is 1. The van der Waals surface area contributed by atoms with E-state index in [2.05, 4.69) is 0 Å². The molecule has 1 aromatic heterocycles. The van der Waals surface area contributed by atoms with Crippen LogP contribution in [0.5, 0.6) is 17.2 Å². The van der Waals surface area contributed by atoms with Crippen LogP contribution in [-0.2, 0) is 14.3 Å². The van der Waals surface area contributed by atoms with Crippen LogP contribution in [0.4, 0.5) is 0 Å². The molecule has 2 aromatic carbocycles. The molecule has 2 aliphatic rings. The van der Waals surface area contributed by atoms with Crippen molar-refractivity contribution in [3.05, 3.63) is 73.3 Å². The number of fused-ring (bicyclic) bond motifs is 6. The van der Waals surface area contributed by atoms with E-state index in [0.29, 0.717) is 37.7 Å². The van der Waals surface area contributed by atoms with Gasteiger partial charge < -0.3 is 24.7 Å². The van der Waals surface area contributed by atoms with Crippen molar-refractivity contribution < 1.29 is 28.5 Å². The number of hydrogen-bond donors (Lipinski definition) is 1. The van der Waals surface area contributed by atoms with Gasteiger partial charge in [-0.1, -0.05) is 35.6 Å². The van der Waals surface area contributed by atoms with Gasteiger partial charge in [-0.25, -0.2) is 4.99 Å². The summed E-state index contributed by atoms with van der Waals surface area (Å²) in [4.78, 5) is 42.7. The van der Waals surface area contributed by atoms with Crippen LogP contribution in [0.15, 0.2) is 52.3 Å². The Morgan fingerprint density at radius 2 is 2.00 bits per heavy atom. The van der Waals surface area contributed by atoms with Crippen molar-refractivity contribution >= 4 is 29.3 Å².